The predicted molar refractivity (Wildman–Crippen MR) is 117 cm³/mol. The molecule has 0 bridgehead atoms. The fraction of sp³-hybridized carbons (Fsp3) is 0.250. The molecule has 18 heteroatoms. The van der Waals surface area contributed by atoms with Crippen LogP contribution in [0.2, 0.25) is 0 Å². The second-order valence-corrected chi connectivity index (χ2v) is 7.88. The molecule has 0 radical (unpaired) electrons. The quantitative estimate of drug-likeness (QED) is 0.0457. The molecular formula is C16H21N7O10S. The average molecular weight is 503 g/mol. The largest absolute Gasteiger partial charge is 0.502 e. The second-order valence-electron chi connectivity index (χ2n) is 6.46. The van der Waals surface area contributed by atoms with E-state index in [9.17, 15) is 38.5 Å². The van der Waals surface area contributed by atoms with E-state index in [0.717, 1.165) is 18.2 Å². The van der Waals surface area contributed by atoms with E-state index in [1.165, 1.54) is 0 Å². The number of aromatic hydroxyl groups is 1. The van der Waals surface area contributed by atoms with Gasteiger partial charge in [0.25, 0.3) is 15.8 Å². The molecule has 2 rings (SSSR count). The van der Waals surface area contributed by atoms with E-state index in [-0.39, 0.29) is 11.3 Å². The van der Waals surface area contributed by atoms with Crippen molar-refractivity contribution >= 4 is 44.2 Å². The molecule has 0 amide bonds. The standard InChI is InChI=1S/C10H6N2O8S.C6H15N5O2/c13-10-7-3-5(21(18,19)20)1-2-6(7)8(11(14)15)4-9(10)12(16)17;7-4(5(12)13)2-1-3-10-6(8)11-9/h1-4,13H,(H,18,19,20);4H,1-3,7,9H2,(H,12,13)(H3,8,10,11)/t;4-/m.0/s1. The number of phenolic OH excluding ortho intramolecular Hbond substituents is 1. The first-order valence-corrected chi connectivity index (χ1v) is 10.5. The smallest absolute Gasteiger partial charge is 0.320 e. The molecule has 10 N–H and O–H groups in total. The van der Waals surface area contributed by atoms with E-state index in [1.807, 2.05) is 0 Å². The van der Waals surface area contributed by atoms with E-state index < -0.39 is 59.4 Å². The van der Waals surface area contributed by atoms with Gasteiger partial charge in [-0.1, -0.05) is 0 Å². The summed E-state index contributed by atoms with van der Waals surface area (Å²) in [7, 11) is -4.63. The van der Waals surface area contributed by atoms with Gasteiger partial charge in [-0.15, -0.1) is 0 Å². The van der Waals surface area contributed by atoms with Crippen LogP contribution in [-0.4, -0.2) is 57.5 Å². The summed E-state index contributed by atoms with van der Waals surface area (Å²) in [5, 5.41) is 39.3. The van der Waals surface area contributed by atoms with Gasteiger partial charge in [0.05, 0.1) is 26.2 Å². The Bertz CT molecular complexity index is 1230. The zero-order valence-electron chi connectivity index (χ0n) is 17.2. The number of carboxylic acid groups (broad SMARTS) is 1. The number of fused-ring (bicyclic) bond motifs is 1. The van der Waals surface area contributed by atoms with Crippen molar-refractivity contribution in [3.8, 4) is 5.75 Å². The lowest BCUT2D eigenvalue weighted by Gasteiger charge is -2.05. The third kappa shape index (κ3) is 7.48. The van der Waals surface area contributed by atoms with Gasteiger partial charge in [-0.2, -0.15) is 8.42 Å². The van der Waals surface area contributed by atoms with Gasteiger partial charge in [-0.25, -0.2) is 5.84 Å². The zero-order valence-corrected chi connectivity index (χ0v) is 18.0. The van der Waals surface area contributed by atoms with E-state index in [2.05, 4.69) is 10.4 Å². The van der Waals surface area contributed by atoms with Gasteiger partial charge in [-0.05, 0) is 31.0 Å². The Hall–Kier alpha value is -4.13. The highest BCUT2D eigenvalue weighted by atomic mass is 32.2. The number of aliphatic carboxylic acids is 1. The van der Waals surface area contributed by atoms with E-state index in [4.69, 9.17) is 27.0 Å². The maximum absolute atomic E-state index is 11.0. The Kier molecular flexibility index (Phi) is 9.56. The molecule has 0 aromatic heterocycles. The normalized spacial score (nSPS) is 12.4. The third-order valence-corrected chi connectivity index (χ3v) is 5.00. The number of nitrogens with zero attached hydrogens (tertiary/aromatic N) is 3. The molecule has 0 aliphatic heterocycles. The molecule has 2 aromatic rings. The fourth-order valence-electron chi connectivity index (χ4n) is 2.49. The molecule has 0 spiro atoms. The van der Waals surface area contributed by atoms with Crippen LogP contribution in [0, 0.1) is 20.2 Å². The van der Waals surface area contributed by atoms with Gasteiger partial charge < -0.3 is 21.7 Å². The number of hydrazine groups is 1. The summed E-state index contributed by atoms with van der Waals surface area (Å²) in [6, 6.07) is 2.32. The number of hydrogen-bond acceptors (Lipinski definition) is 11. The summed E-state index contributed by atoms with van der Waals surface area (Å²) in [5.74, 6) is 3.14. The van der Waals surface area contributed by atoms with Crippen molar-refractivity contribution in [3.63, 3.8) is 0 Å². The first-order valence-electron chi connectivity index (χ1n) is 9.01. The number of hydrogen-bond donors (Lipinski definition) is 7. The predicted octanol–water partition coefficient (Wildman–Crippen LogP) is -0.435. The van der Waals surface area contributed by atoms with Crippen LogP contribution in [0.5, 0.6) is 5.75 Å². The Morgan fingerprint density at radius 1 is 1.15 bits per heavy atom. The number of nitro groups is 2. The van der Waals surface area contributed by atoms with Gasteiger partial charge in [-0.3, -0.25) is 40.0 Å². The van der Waals surface area contributed by atoms with Gasteiger partial charge in [0.15, 0.2) is 0 Å². The number of guanidine groups is 1. The maximum atomic E-state index is 11.0. The Morgan fingerprint density at radius 3 is 2.21 bits per heavy atom. The number of carbonyl (C=O) groups is 1. The number of nitro benzene ring substituents is 2. The van der Waals surface area contributed by atoms with Crippen LogP contribution in [-0.2, 0) is 14.9 Å². The molecular weight excluding hydrogens is 482 g/mol. The molecule has 186 valence electrons. The van der Waals surface area contributed by atoms with Crippen molar-refractivity contribution in [2.24, 2.45) is 22.3 Å². The summed E-state index contributed by atoms with van der Waals surface area (Å²) in [6.07, 6.45) is 0.937. The molecule has 0 fully saturated rings. The molecule has 0 saturated carbocycles. The molecule has 0 heterocycles. The molecule has 0 aliphatic rings. The van der Waals surface area contributed by atoms with Crippen molar-refractivity contribution in [1.29, 1.82) is 0 Å². The van der Waals surface area contributed by atoms with Crippen LogP contribution in [0.15, 0.2) is 34.2 Å². The van der Waals surface area contributed by atoms with E-state index >= 15 is 0 Å². The highest BCUT2D eigenvalue weighted by Crippen LogP contribution is 2.40. The molecule has 0 unspecified atom stereocenters. The minimum Gasteiger partial charge on any atom is -0.502 e. The van der Waals surface area contributed by atoms with Gasteiger partial charge in [0, 0.05) is 11.9 Å². The number of carboxylic acids is 1. The highest BCUT2D eigenvalue weighted by Gasteiger charge is 2.26. The number of nitrogens with two attached hydrogens (primary N) is 3. The summed E-state index contributed by atoms with van der Waals surface area (Å²) >= 11 is 0. The van der Waals surface area contributed by atoms with Crippen LogP contribution in [0.1, 0.15) is 12.8 Å². The Balaban J connectivity index is 0.000000385. The number of non-ortho nitro benzene ring substituents is 1. The average Bonchev–Trinajstić information content (AvgIpc) is 2.75. The van der Waals surface area contributed by atoms with Crippen molar-refractivity contribution < 1.29 is 37.8 Å². The molecule has 34 heavy (non-hydrogen) atoms. The van der Waals surface area contributed by atoms with E-state index in [1.54, 1.807) is 0 Å². The lowest BCUT2D eigenvalue weighted by atomic mass is 10.1. The minimum absolute atomic E-state index is 0.129. The summed E-state index contributed by atoms with van der Waals surface area (Å²) in [4.78, 5) is 33.2. The topological polar surface area (TPSA) is 301 Å². The molecule has 2 aromatic carbocycles. The van der Waals surface area contributed by atoms with Crippen molar-refractivity contribution in [2.45, 2.75) is 23.8 Å². The van der Waals surface area contributed by atoms with E-state index in [0.29, 0.717) is 25.5 Å². The van der Waals surface area contributed by atoms with Crippen LogP contribution in [0.3, 0.4) is 0 Å². The van der Waals surface area contributed by atoms with Gasteiger partial charge in [0.1, 0.15) is 6.04 Å². The lowest BCUT2D eigenvalue weighted by Crippen LogP contribution is -2.37. The monoisotopic (exact) mass is 503 g/mol. The maximum Gasteiger partial charge on any atom is 0.320 e. The number of nitrogens with one attached hydrogen (secondary N) is 1. The van der Waals surface area contributed by atoms with Gasteiger partial charge in [0.2, 0.25) is 11.7 Å². The first-order chi connectivity index (χ1) is 15.7. The summed E-state index contributed by atoms with van der Waals surface area (Å²) < 4.78 is 31.0. The van der Waals surface area contributed by atoms with Crippen LogP contribution < -0.4 is 22.7 Å². The summed E-state index contributed by atoms with van der Waals surface area (Å²) in [6.45, 7) is 0.414. The lowest BCUT2D eigenvalue weighted by molar-refractivity contribution is -0.393. The summed E-state index contributed by atoms with van der Waals surface area (Å²) in [5.41, 5.74) is 11.0. The third-order valence-electron chi connectivity index (χ3n) is 4.15. The van der Waals surface area contributed by atoms with Crippen LogP contribution in [0.4, 0.5) is 11.4 Å². The van der Waals surface area contributed by atoms with Gasteiger partial charge >= 0.3 is 11.7 Å². The minimum atomic E-state index is -4.63. The number of phenols is 1. The molecule has 1 atom stereocenters. The number of rotatable bonds is 8. The fourth-order valence-corrected chi connectivity index (χ4v) is 2.99. The molecule has 0 aliphatic carbocycles. The second kappa shape index (κ2) is 11.7. The van der Waals surface area contributed by atoms with Crippen LogP contribution in [0.25, 0.3) is 10.8 Å². The molecule has 17 nitrogen and oxygen atoms in total. The zero-order chi connectivity index (χ0) is 26.2. The van der Waals surface area contributed by atoms with Crippen LogP contribution >= 0.6 is 0 Å². The number of benzene rings is 2. The van der Waals surface area contributed by atoms with Crippen molar-refractivity contribution in [2.75, 3.05) is 6.54 Å². The highest BCUT2D eigenvalue weighted by molar-refractivity contribution is 7.85. The first kappa shape index (κ1) is 27.9. The Morgan fingerprint density at radius 2 is 1.74 bits per heavy atom. The number of aliphatic imine (C=N–C) groups is 1. The Labute approximate surface area is 190 Å². The molecule has 0 saturated heterocycles. The van der Waals surface area contributed by atoms with Crippen molar-refractivity contribution in [3.05, 3.63) is 44.5 Å². The van der Waals surface area contributed by atoms with Crippen molar-refractivity contribution in [1.82, 2.24) is 5.43 Å². The SMILES string of the molecule is NNC(N)=NCCC[C@H](N)C(=O)O.O=[N+]([O-])c1cc([N+](=O)[O-])c2ccc(S(=O)(=O)O)cc2c1O.